The van der Waals surface area contributed by atoms with Gasteiger partial charge in [-0.25, -0.2) is 4.74 Å². The highest BCUT2D eigenvalue weighted by molar-refractivity contribution is 6.22. The smallest absolute Gasteiger partial charge is 0.220 e. The van der Waals surface area contributed by atoms with E-state index in [4.69, 9.17) is 0 Å². The first-order chi connectivity index (χ1) is 4.96. The molecular formula is C3ClF7O. The van der Waals surface area contributed by atoms with Crippen molar-refractivity contribution in [1.29, 1.82) is 0 Å². The molecule has 0 saturated heterocycles. The van der Waals surface area contributed by atoms with Crippen molar-refractivity contribution in [2.75, 3.05) is 0 Å². The zero-order valence-electron chi connectivity index (χ0n) is 4.93. The summed E-state index contributed by atoms with van der Waals surface area (Å²) in [6, 6.07) is 0. The van der Waals surface area contributed by atoms with E-state index in [1.165, 1.54) is 0 Å². The minimum absolute atomic E-state index is 1.77. The summed E-state index contributed by atoms with van der Waals surface area (Å²) < 4.78 is 80.8. The molecule has 74 valence electrons. The number of halogens is 8. The SMILES string of the molecule is FC(F)(F)OC(F)(F)C(F)(F)Cl. The molecule has 0 atom stereocenters. The Balaban J connectivity index is 4.44. The first kappa shape index (κ1) is 11.8. The predicted octanol–water partition coefficient (Wildman–Crippen LogP) is 2.95. The topological polar surface area (TPSA) is 9.23 Å². The molecule has 0 spiro atoms. The Morgan fingerprint density at radius 3 is 1.25 bits per heavy atom. The van der Waals surface area contributed by atoms with Gasteiger partial charge in [-0.2, -0.15) is 17.6 Å². The van der Waals surface area contributed by atoms with Gasteiger partial charge in [0, 0.05) is 0 Å². The summed E-state index contributed by atoms with van der Waals surface area (Å²) in [7, 11) is 0. The van der Waals surface area contributed by atoms with Gasteiger partial charge in [-0.1, -0.05) is 0 Å². The molecule has 0 aromatic carbocycles. The molecule has 1 nitrogen and oxygen atoms in total. The van der Waals surface area contributed by atoms with Crippen molar-refractivity contribution in [3.8, 4) is 0 Å². The molecule has 0 bridgehead atoms. The summed E-state index contributed by atoms with van der Waals surface area (Å²) in [5.74, 6) is 0. The highest BCUT2D eigenvalue weighted by Crippen LogP contribution is 2.42. The van der Waals surface area contributed by atoms with E-state index in [1.807, 2.05) is 0 Å². The average Bonchev–Trinajstić information content (AvgIpc) is 1.52. The van der Waals surface area contributed by atoms with Gasteiger partial charge in [-0.05, 0) is 11.6 Å². The Morgan fingerprint density at radius 2 is 1.17 bits per heavy atom. The van der Waals surface area contributed by atoms with Crippen LogP contribution in [0.15, 0.2) is 0 Å². The molecule has 12 heavy (non-hydrogen) atoms. The molecule has 0 aliphatic rings. The van der Waals surface area contributed by atoms with Crippen molar-refractivity contribution in [2.45, 2.75) is 17.9 Å². The maximum absolute atomic E-state index is 11.6. The Hall–Kier alpha value is -0.240. The Kier molecular flexibility index (Phi) is 2.85. The van der Waals surface area contributed by atoms with Crippen LogP contribution in [0.4, 0.5) is 30.7 Å². The first-order valence-electron chi connectivity index (χ1n) is 2.17. The second-order valence-corrected chi connectivity index (χ2v) is 2.04. The summed E-state index contributed by atoms with van der Waals surface area (Å²) in [5.41, 5.74) is 0. The van der Waals surface area contributed by atoms with Crippen molar-refractivity contribution in [1.82, 2.24) is 0 Å². The minimum atomic E-state index is -5.87. The number of hydrogen-bond donors (Lipinski definition) is 0. The molecule has 0 fully saturated rings. The van der Waals surface area contributed by atoms with E-state index in [0.29, 0.717) is 0 Å². The third-order valence-electron chi connectivity index (χ3n) is 0.574. The van der Waals surface area contributed by atoms with Crippen molar-refractivity contribution in [2.24, 2.45) is 0 Å². The molecule has 0 amide bonds. The second-order valence-electron chi connectivity index (χ2n) is 1.56. The first-order valence-corrected chi connectivity index (χ1v) is 2.55. The number of rotatable bonds is 2. The van der Waals surface area contributed by atoms with Gasteiger partial charge in [-0.15, -0.1) is 13.2 Å². The van der Waals surface area contributed by atoms with E-state index in [0.717, 1.165) is 0 Å². The lowest BCUT2D eigenvalue weighted by molar-refractivity contribution is -0.453. The fraction of sp³-hybridized carbons (Fsp3) is 1.00. The van der Waals surface area contributed by atoms with Crippen molar-refractivity contribution >= 4 is 11.6 Å². The molecule has 0 aromatic heterocycles. The summed E-state index contributed by atoms with van der Waals surface area (Å²) in [5, 5.41) is -5.40. The van der Waals surface area contributed by atoms with Crippen LogP contribution in [0.3, 0.4) is 0 Å². The Morgan fingerprint density at radius 1 is 0.833 bits per heavy atom. The van der Waals surface area contributed by atoms with E-state index < -0.39 is 17.9 Å². The quantitative estimate of drug-likeness (QED) is 0.513. The normalized spacial score (nSPS) is 15.0. The van der Waals surface area contributed by atoms with Gasteiger partial charge in [-0.3, -0.25) is 0 Å². The van der Waals surface area contributed by atoms with Crippen LogP contribution < -0.4 is 0 Å². The zero-order valence-corrected chi connectivity index (χ0v) is 5.69. The summed E-state index contributed by atoms with van der Waals surface area (Å²) in [4.78, 5) is 0. The van der Waals surface area contributed by atoms with Crippen LogP contribution in [0.1, 0.15) is 0 Å². The molecule has 0 rings (SSSR count). The molecule has 0 radical (unpaired) electrons. The van der Waals surface area contributed by atoms with Gasteiger partial charge < -0.3 is 0 Å². The van der Waals surface area contributed by atoms with Gasteiger partial charge in [0.05, 0.1) is 0 Å². The molecule has 9 heteroatoms. The van der Waals surface area contributed by atoms with Crippen LogP contribution >= 0.6 is 11.6 Å². The summed E-state index contributed by atoms with van der Waals surface area (Å²) in [6.07, 6.45) is -11.6. The molecular weight excluding hydrogens is 220 g/mol. The lowest BCUT2D eigenvalue weighted by atomic mass is 10.6. The molecule has 0 aliphatic heterocycles. The maximum atomic E-state index is 11.6. The van der Waals surface area contributed by atoms with Gasteiger partial charge in [0.15, 0.2) is 0 Å². The van der Waals surface area contributed by atoms with E-state index in [1.54, 1.807) is 4.74 Å². The maximum Gasteiger partial charge on any atom is 0.527 e. The largest absolute Gasteiger partial charge is 0.527 e. The van der Waals surface area contributed by atoms with Crippen LogP contribution in [0, 0.1) is 0 Å². The van der Waals surface area contributed by atoms with Gasteiger partial charge in [0.1, 0.15) is 0 Å². The molecule has 0 aromatic rings. The van der Waals surface area contributed by atoms with E-state index in [-0.39, 0.29) is 0 Å². The number of hydrogen-bond acceptors (Lipinski definition) is 1. The van der Waals surface area contributed by atoms with Crippen molar-refractivity contribution in [3.05, 3.63) is 0 Å². The lowest BCUT2D eigenvalue weighted by Crippen LogP contribution is -2.42. The molecule has 0 heterocycles. The molecule has 0 N–H and O–H groups in total. The molecule has 0 saturated carbocycles. The van der Waals surface area contributed by atoms with E-state index >= 15 is 0 Å². The fourth-order valence-corrected chi connectivity index (χ4v) is 0.242. The van der Waals surface area contributed by atoms with Crippen LogP contribution in [0.25, 0.3) is 0 Å². The lowest BCUT2D eigenvalue weighted by Gasteiger charge is -2.21. The van der Waals surface area contributed by atoms with Crippen molar-refractivity contribution in [3.63, 3.8) is 0 Å². The van der Waals surface area contributed by atoms with Crippen LogP contribution in [-0.4, -0.2) is 17.9 Å². The monoisotopic (exact) mass is 220 g/mol. The highest BCUT2D eigenvalue weighted by Gasteiger charge is 2.62. The van der Waals surface area contributed by atoms with Gasteiger partial charge >= 0.3 is 17.9 Å². The van der Waals surface area contributed by atoms with Gasteiger partial charge in [0.25, 0.3) is 0 Å². The van der Waals surface area contributed by atoms with Crippen molar-refractivity contribution < 1.29 is 35.5 Å². The Bertz CT molecular complexity index is 157. The van der Waals surface area contributed by atoms with Gasteiger partial charge in [0.2, 0.25) is 0 Å². The van der Waals surface area contributed by atoms with Crippen LogP contribution in [0.2, 0.25) is 0 Å². The Labute approximate surface area is 66.0 Å². The minimum Gasteiger partial charge on any atom is -0.220 e. The summed E-state index contributed by atoms with van der Waals surface area (Å²) in [6.45, 7) is 0. The third kappa shape index (κ3) is 3.44. The predicted molar refractivity (Wildman–Crippen MR) is 22.9 cm³/mol. The second kappa shape index (κ2) is 2.91. The number of ether oxygens (including phenoxy) is 1. The average molecular weight is 220 g/mol. The summed E-state index contributed by atoms with van der Waals surface area (Å²) >= 11 is 3.62. The fourth-order valence-electron chi connectivity index (χ4n) is 0.203. The van der Waals surface area contributed by atoms with Crippen LogP contribution in [-0.2, 0) is 4.74 Å². The third-order valence-corrected chi connectivity index (χ3v) is 0.794. The molecule has 0 aliphatic carbocycles. The molecule has 0 unspecified atom stereocenters. The van der Waals surface area contributed by atoms with E-state index in [2.05, 4.69) is 11.6 Å². The number of alkyl halides is 8. The zero-order chi connectivity index (χ0) is 10.2. The van der Waals surface area contributed by atoms with Crippen LogP contribution in [0.5, 0.6) is 0 Å². The highest BCUT2D eigenvalue weighted by atomic mass is 35.5. The van der Waals surface area contributed by atoms with E-state index in [9.17, 15) is 30.7 Å². The standard InChI is InChI=1S/C3ClF7O/c4-1(5,6)2(7,8)12-3(9,10)11.